The van der Waals surface area contributed by atoms with Gasteiger partial charge in [-0.3, -0.25) is 0 Å². The molecule has 1 atom stereocenters. The van der Waals surface area contributed by atoms with Gasteiger partial charge in [-0.1, -0.05) is 11.6 Å². The summed E-state index contributed by atoms with van der Waals surface area (Å²) >= 11 is 5.68. The van der Waals surface area contributed by atoms with Crippen LogP contribution in [0.25, 0.3) is 0 Å². The standard InChI is InChI=1S/C12H17ClN2O4S/c1-11(2,16)12(17)5-6-15(8-12)20(18,19)10-4-3-9(13)7-14-10/h3-4,7,16-17H,5-6,8H2,1-2H3. The molecule has 0 saturated carbocycles. The van der Waals surface area contributed by atoms with Crippen LogP contribution in [0.1, 0.15) is 20.3 Å². The number of nitrogens with zero attached hydrogens (tertiary/aromatic N) is 2. The van der Waals surface area contributed by atoms with E-state index in [-0.39, 0.29) is 24.5 Å². The predicted molar refractivity (Wildman–Crippen MR) is 73.9 cm³/mol. The molecule has 1 aromatic rings. The molecule has 1 saturated heterocycles. The Morgan fingerprint density at radius 3 is 2.55 bits per heavy atom. The monoisotopic (exact) mass is 320 g/mol. The van der Waals surface area contributed by atoms with E-state index in [2.05, 4.69) is 4.98 Å². The smallest absolute Gasteiger partial charge is 0.260 e. The lowest BCUT2D eigenvalue weighted by Crippen LogP contribution is -2.52. The molecule has 20 heavy (non-hydrogen) atoms. The van der Waals surface area contributed by atoms with Gasteiger partial charge in [0.05, 0.1) is 10.6 Å². The molecule has 0 radical (unpaired) electrons. The number of rotatable bonds is 3. The molecule has 0 bridgehead atoms. The molecule has 112 valence electrons. The number of pyridine rings is 1. The highest BCUT2D eigenvalue weighted by molar-refractivity contribution is 7.89. The topological polar surface area (TPSA) is 90.7 Å². The lowest BCUT2D eigenvalue weighted by Gasteiger charge is -2.35. The molecule has 0 aliphatic carbocycles. The zero-order chi connectivity index (χ0) is 15.2. The van der Waals surface area contributed by atoms with Crippen molar-refractivity contribution >= 4 is 21.6 Å². The lowest BCUT2D eigenvalue weighted by molar-refractivity contribution is -0.120. The van der Waals surface area contributed by atoms with E-state index in [9.17, 15) is 18.6 Å². The van der Waals surface area contributed by atoms with Crippen LogP contribution in [0, 0.1) is 0 Å². The third kappa shape index (κ3) is 2.68. The first-order valence-corrected chi connectivity index (χ1v) is 7.94. The van der Waals surface area contributed by atoms with Crippen molar-refractivity contribution in [1.82, 2.24) is 9.29 Å². The van der Waals surface area contributed by atoms with Crippen molar-refractivity contribution in [2.45, 2.75) is 36.5 Å². The van der Waals surface area contributed by atoms with Crippen LogP contribution in [0.15, 0.2) is 23.4 Å². The van der Waals surface area contributed by atoms with E-state index >= 15 is 0 Å². The maximum atomic E-state index is 12.4. The average molecular weight is 321 g/mol. The Balaban J connectivity index is 2.27. The Kier molecular flexibility index (Phi) is 3.85. The van der Waals surface area contributed by atoms with E-state index in [4.69, 9.17) is 11.6 Å². The zero-order valence-corrected chi connectivity index (χ0v) is 12.8. The van der Waals surface area contributed by atoms with Gasteiger partial charge < -0.3 is 10.2 Å². The highest BCUT2D eigenvalue weighted by atomic mass is 35.5. The first-order chi connectivity index (χ1) is 9.06. The van der Waals surface area contributed by atoms with Gasteiger partial charge >= 0.3 is 0 Å². The van der Waals surface area contributed by atoms with Gasteiger partial charge in [0.25, 0.3) is 10.0 Å². The first kappa shape index (κ1) is 15.7. The number of hydrogen-bond donors (Lipinski definition) is 2. The van der Waals surface area contributed by atoms with E-state index in [0.29, 0.717) is 5.02 Å². The van der Waals surface area contributed by atoms with E-state index in [1.807, 2.05) is 0 Å². The summed E-state index contributed by atoms with van der Waals surface area (Å²) in [6.07, 6.45) is 1.43. The van der Waals surface area contributed by atoms with Crippen LogP contribution in [0.3, 0.4) is 0 Å². The third-order valence-electron chi connectivity index (χ3n) is 3.66. The van der Waals surface area contributed by atoms with Gasteiger partial charge in [-0.2, -0.15) is 4.31 Å². The summed E-state index contributed by atoms with van der Waals surface area (Å²) in [5.41, 5.74) is -2.85. The van der Waals surface area contributed by atoms with Crippen molar-refractivity contribution in [2.24, 2.45) is 0 Å². The minimum Gasteiger partial charge on any atom is -0.387 e. The van der Waals surface area contributed by atoms with E-state index in [0.717, 1.165) is 4.31 Å². The molecular formula is C12H17ClN2O4S. The van der Waals surface area contributed by atoms with Gasteiger partial charge in [0.1, 0.15) is 5.60 Å². The SMILES string of the molecule is CC(C)(O)C1(O)CCN(S(=O)(=O)c2ccc(Cl)cn2)C1. The van der Waals surface area contributed by atoms with Crippen LogP contribution < -0.4 is 0 Å². The fraction of sp³-hybridized carbons (Fsp3) is 0.583. The molecule has 0 amide bonds. The van der Waals surface area contributed by atoms with Crippen LogP contribution >= 0.6 is 11.6 Å². The molecule has 0 aromatic carbocycles. The second kappa shape index (κ2) is 4.92. The number of sulfonamides is 1. The maximum Gasteiger partial charge on any atom is 0.260 e. The molecule has 1 aliphatic heterocycles. The molecule has 1 aromatic heterocycles. The summed E-state index contributed by atoms with van der Waals surface area (Å²) < 4.78 is 25.9. The molecule has 1 aliphatic rings. The van der Waals surface area contributed by atoms with Crippen LogP contribution in [0.5, 0.6) is 0 Å². The summed E-state index contributed by atoms with van der Waals surface area (Å²) in [4.78, 5) is 3.80. The zero-order valence-electron chi connectivity index (χ0n) is 11.2. The Labute approximate surface area is 123 Å². The van der Waals surface area contributed by atoms with Gasteiger partial charge in [-0.15, -0.1) is 0 Å². The predicted octanol–water partition coefficient (Wildman–Crippen LogP) is 0.631. The van der Waals surface area contributed by atoms with Gasteiger partial charge in [0.2, 0.25) is 0 Å². The van der Waals surface area contributed by atoms with Crippen molar-refractivity contribution in [1.29, 1.82) is 0 Å². The quantitative estimate of drug-likeness (QED) is 0.852. The Morgan fingerprint density at radius 1 is 1.45 bits per heavy atom. The minimum absolute atomic E-state index is 0.123. The summed E-state index contributed by atoms with van der Waals surface area (Å²) in [6.45, 7) is 2.89. The Bertz CT molecular complexity index is 597. The summed E-state index contributed by atoms with van der Waals surface area (Å²) in [5, 5.41) is 20.5. The highest BCUT2D eigenvalue weighted by Gasteiger charge is 2.50. The molecule has 2 N–H and O–H groups in total. The van der Waals surface area contributed by atoms with Crippen molar-refractivity contribution in [2.75, 3.05) is 13.1 Å². The van der Waals surface area contributed by atoms with Crippen molar-refractivity contribution in [3.8, 4) is 0 Å². The highest BCUT2D eigenvalue weighted by Crippen LogP contribution is 2.34. The fourth-order valence-electron chi connectivity index (χ4n) is 2.11. The normalized spacial score (nSPS) is 25.1. The van der Waals surface area contributed by atoms with Gasteiger partial charge in [0.15, 0.2) is 5.03 Å². The maximum absolute atomic E-state index is 12.4. The second-order valence-corrected chi connectivity index (χ2v) is 7.82. The van der Waals surface area contributed by atoms with Gasteiger partial charge in [-0.05, 0) is 32.4 Å². The molecule has 6 nitrogen and oxygen atoms in total. The minimum atomic E-state index is -3.79. The molecular weight excluding hydrogens is 304 g/mol. The van der Waals surface area contributed by atoms with E-state index in [1.165, 1.54) is 32.2 Å². The number of aromatic nitrogens is 1. The number of hydrogen-bond acceptors (Lipinski definition) is 5. The van der Waals surface area contributed by atoms with E-state index in [1.54, 1.807) is 0 Å². The molecule has 1 fully saturated rings. The second-order valence-electron chi connectivity index (χ2n) is 5.49. The molecule has 2 heterocycles. The van der Waals surface area contributed by atoms with Crippen LogP contribution in [0.4, 0.5) is 0 Å². The fourth-order valence-corrected chi connectivity index (χ4v) is 3.63. The Morgan fingerprint density at radius 2 is 2.10 bits per heavy atom. The average Bonchev–Trinajstić information content (AvgIpc) is 2.74. The third-order valence-corrected chi connectivity index (χ3v) is 5.64. The Hall–Kier alpha value is -0.730. The largest absolute Gasteiger partial charge is 0.387 e. The lowest BCUT2D eigenvalue weighted by atomic mass is 9.85. The first-order valence-electron chi connectivity index (χ1n) is 6.13. The number of β-amino-alcohol motifs (C(OH)–C–C–N with tert-alkyl or cyclic N) is 1. The van der Waals surface area contributed by atoms with Crippen molar-refractivity contribution in [3.63, 3.8) is 0 Å². The van der Waals surface area contributed by atoms with E-state index < -0.39 is 21.2 Å². The number of halogens is 1. The summed E-state index contributed by atoms with van der Waals surface area (Å²) in [7, 11) is -3.79. The van der Waals surface area contributed by atoms with Crippen LogP contribution in [-0.2, 0) is 10.0 Å². The van der Waals surface area contributed by atoms with Crippen molar-refractivity contribution in [3.05, 3.63) is 23.4 Å². The molecule has 2 rings (SSSR count). The van der Waals surface area contributed by atoms with Crippen molar-refractivity contribution < 1.29 is 18.6 Å². The molecule has 0 spiro atoms. The van der Waals surface area contributed by atoms with Crippen LogP contribution in [-0.4, -0.2) is 52.2 Å². The molecule has 8 heteroatoms. The number of aliphatic hydroxyl groups is 2. The van der Waals surface area contributed by atoms with Crippen LogP contribution in [0.2, 0.25) is 5.02 Å². The molecule has 1 unspecified atom stereocenters. The van der Waals surface area contributed by atoms with Gasteiger partial charge in [-0.25, -0.2) is 13.4 Å². The summed E-state index contributed by atoms with van der Waals surface area (Å²) in [6, 6.07) is 2.76. The van der Waals surface area contributed by atoms with Gasteiger partial charge in [0, 0.05) is 19.3 Å². The summed E-state index contributed by atoms with van der Waals surface area (Å²) in [5.74, 6) is 0.